The smallest absolute Gasteiger partial charge is 0.0567 e. The lowest BCUT2D eigenvalue weighted by molar-refractivity contribution is 0.265. The molecule has 0 spiro atoms. The molecule has 0 saturated heterocycles. The minimum Gasteiger partial charge on any atom is -0.378 e. The summed E-state index contributed by atoms with van der Waals surface area (Å²) in [5, 5.41) is 3.81. The van der Waals surface area contributed by atoms with E-state index in [9.17, 15) is 0 Å². The average molecular weight is 279 g/mol. The second kappa shape index (κ2) is 5.22. The van der Waals surface area contributed by atoms with Gasteiger partial charge in [-0.2, -0.15) is 0 Å². The third-order valence-corrected chi connectivity index (χ3v) is 4.72. The Labute approximate surface area is 128 Å². The van der Waals surface area contributed by atoms with E-state index in [0.717, 1.165) is 0 Å². The van der Waals surface area contributed by atoms with Crippen molar-refractivity contribution in [3.63, 3.8) is 0 Å². The molecule has 1 aliphatic carbocycles. The van der Waals surface area contributed by atoms with Gasteiger partial charge in [-0.15, -0.1) is 0 Å². The SMILES string of the molecule is Cc1cc(C)cc(NC2c3ccccc3CCC2(C)C)c1. The lowest BCUT2D eigenvalue weighted by atomic mass is 9.70. The Bertz CT molecular complexity index is 634. The highest BCUT2D eigenvalue weighted by molar-refractivity contribution is 5.52. The molecule has 0 saturated carbocycles. The first-order valence-corrected chi connectivity index (χ1v) is 7.88. The summed E-state index contributed by atoms with van der Waals surface area (Å²) >= 11 is 0. The Morgan fingerprint density at radius 2 is 1.67 bits per heavy atom. The first-order chi connectivity index (χ1) is 9.95. The summed E-state index contributed by atoms with van der Waals surface area (Å²) in [5.74, 6) is 0. The van der Waals surface area contributed by atoms with Crippen molar-refractivity contribution >= 4 is 5.69 Å². The Hall–Kier alpha value is -1.76. The second-order valence-corrected chi connectivity index (χ2v) is 7.14. The highest BCUT2D eigenvalue weighted by atomic mass is 14.9. The summed E-state index contributed by atoms with van der Waals surface area (Å²) in [6.07, 6.45) is 2.42. The van der Waals surface area contributed by atoms with E-state index < -0.39 is 0 Å². The zero-order chi connectivity index (χ0) is 15.0. The van der Waals surface area contributed by atoms with Crippen LogP contribution >= 0.6 is 0 Å². The van der Waals surface area contributed by atoms with Crippen LogP contribution in [0.4, 0.5) is 5.69 Å². The third-order valence-electron chi connectivity index (χ3n) is 4.72. The molecule has 21 heavy (non-hydrogen) atoms. The average Bonchev–Trinajstić information content (AvgIpc) is 2.41. The normalized spacial score (nSPS) is 19.9. The Morgan fingerprint density at radius 3 is 2.38 bits per heavy atom. The summed E-state index contributed by atoms with van der Waals surface area (Å²) in [4.78, 5) is 0. The zero-order valence-electron chi connectivity index (χ0n) is 13.5. The number of rotatable bonds is 2. The molecule has 0 aliphatic heterocycles. The molecule has 0 amide bonds. The number of hydrogen-bond acceptors (Lipinski definition) is 1. The molecule has 2 aromatic rings. The molecule has 1 heteroatoms. The van der Waals surface area contributed by atoms with Gasteiger partial charge in [0.05, 0.1) is 6.04 Å². The fraction of sp³-hybridized carbons (Fsp3) is 0.400. The minimum absolute atomic E-state index is 0.270. The van der Waals surface area contributed by atoms with E-state index in [4.69, 9.17) is 0 Å². The lowest BCUT2D eigenvalue weighted by Gasteiger charge is -2.41. The first kappa shape index (κ1) is 14.2. The summed E-state index contributed by atoms with van der Waals surface area (Å²) in [6, 6.07) is 16.0. The number of benzene rings is 2. The number of anilines is 1. The van der Waals surface area contributed by atoms with Crippen LogP contribution in [0, 0.1) is 19.3 Å². The van der Waals surface area contributed by atoms with Gasteiger partial charge in [0.15, 0.2) is 0 Å². The van der Waals surface area contributed by atoms with Crippen LogP contribution < -0.4 is 5.32 Å². The predicted octanol–water partition coefficient (Wildman–Crippen LogP) is 5.43. The van der Waals surface area contributed by atoms with Crippen LogP contribution in [0.3, 0.4) is 0 Å². The van der Waals surface area contributed by atoms with Crippen molar-refractivity contribution in [2.24, 2.45) is 5.41 Å². The van der Waals surface area contributed by atoms with Crippen molar-refractivity contribution in [3.8, 4) is 0 Å². The molecule has 0 aromatic heterocycles. The summed E-state index contributed by atoms with van der Waals surface area (Å²) in [6.45, 7) is 9.09. The van der Waals surface area contributed by atoms with E-state index in [0.29, 0.717) is 6.04 Å². The quantitative estimate of drug-likeness (QED) is 0.773. The van der Waals surface area contributed by atoms with Crippen molar-refractivity contribution in [2.45, 2.75) is 46.6 Å². The Morgan fingerprint density at radius 1 is 1.00 bits per heavy atom. The third kappa shape index (κ3) is 2.83. The van der Waals surface area contributed by atoms with Crippen molar-refractivity contribution in [1.29, 1.82) is 0 Å². The van der Waals surface area contributed by atoms with E-state index in [1.54, 1.807) is 0 Å². The molecule has 0 bridgehead atoms. The summed E-state index contributed by atoms with van der Waals surface area (Å²) < 4.78 is 0. The van der Waals surface area contributed by atoms with Crippen molar-refractivity contribution in [3.05, 3.63) is 64.7 Å². The van der Waals surface area contributed by atoms with Gasteiger partial charge in [0.1, 0.15) is 0 Å². The number of fused-ring (bicyclic) bond motifs is 1. The van der Waals surface area contributed by atoms with Gasteiger partial charge in [0.2, 0.25) is 0 Å². The van der Waals surface area contributed by atoms with E-state index >= 15 is 0 Å². The van der Waals surface area contributed by atoms with Gasteiger partial charge in [-0.3, -0.25) is 0 Å². The van der Waals surface area contributed by atoms with E-state index in [-0.39, 0.29) is 5.41 Å². The van der Waals surface area contributed by atoms with E-state index in [1.807, 2.05) is 0 Å². The van der Waals surface area contributed by atoms with E-state index in [2.05, 4.69) is 75.5 Å². The first-order valence-electron chi connectivity index (χ1n) is 7.88. The highest BCUT2D eigenvalue weighted by Crippen LogP contribution is 2.45. The zero-order valence-corrected chi connectivity index (χ0v) is 13.5. The molecule has 1 atom stereocenters. The minimum atomic E-state index is 0.270. The molecule has 1 N–H and O–H groups in total. The molecule has 1 aliphatic rings. The fourth-order valence-electron chi connectivity index (χ4n) is 3.56. The molecule has 110 valence electrons. The van der Waals surface area contributed by atoms with E-state index in [1.165, 1.54) is 40.8 Å². The van der Waals surface area contributed by atoms with Crippen LogP contribution in [0.2, 0.25) is 0 Å². The van der Waals surface area contributed by atoms with Crippen molar-refractivity contribution in [1.82, 2.24) is 0 Å². The molecular weight excluding hydrogens is 254 g/mol. The Kier molecular flexibility index (Phi) is 3.52. The van der Waals surface area contributed by atoms with Gasteiger partial charge in [-0.05, 0) is 66.5 Å². The summed E-state index contributed by atoms with van der Waals surface area (Å²) in [5.41, 5.74) is 7.11. The standard InChI is InChI=1S/C20H25N/c1-14-11-15(2)13-17(12-14)21-19-18-8-6-5-7-16(18)9-10-20(19,3)4/h5-8,11-13,19,21H,9-10H2,1-4H3. The molecule has 2 aromatic carbocycles. The molecule has 0 heterocycles. The number of aryl methyl sites for hydroxylation is 3. The van der Waals surface area contributed by atoms with Crippen LogP contribution in [0.5, 0.6) is 0 Å². The number of nitrogens with one attached hydrogen (secondary N) is 1. The van der Waals surface area contributed by atoms with Crippen molar-refractivity contribution in [2.75, 3.05) is 5.32 Å². The monoisotopic (exact) mass is 279 g/mol. The molecular formula is C20H25N. The van der Waals surface area contributed by atoms with Crippen molar-refractivity contribution < 1.29 is 0 Å². The maximum Gasteiger partial charge on any atom is 0.0567 e. The second-order valence-electron chi connectivity index (χ2n) is 7.14. The molecule has 1 unspecified atom stereocenters. The number of hydrogen-bond donors (Lipinski definition) is 1. The molecule has 0 fully saturated rings. The maximum atomic E-state index is 3.81. The van der Waals surface area contributed by atoms with Crippen LogP contribution in [0.25, 0.3) is 0 Å². The lowest BCUT2D eigenvalue weighted by Crippen LogP contribution is -2.33. The van der Waals surface area contributed by atoms with Crippen LogP contribution in [0.1, 0.15) is 48.6 Å². The van der Waals surface area contributed by atoms with Crippen LogP contribution in [-0.4, -0.2) is 0 Å². The predicted molar refractivity (Wildman–Crippen MR) is 90.8 cm³/mol. The molecule has 1 nitrogen and oxygen atoms in total. The molecule has 0 radical (unpaired) electrons. The van der Waals surface area contributed by atoms with Gasteiger partial charge in [-0.1, -0.05) is 44.2 Å². The maximum absolute atomic E-state index is 3.81. The van der Waals surface area contributed by atoms with Gasteiger partial charge in [0, 0.05) is 5.69 Å². The topological polar surface area (TPSA) is 12.0 Å². The fourth-order valence-corrected chi connectivity index (χ4v) is 3.56. The van der Waals surface area contributed by atoms with Gasteiger partial charge < -0.3 is 5.32 Å². The van der Waals surface area contributed by atoms with Gasteiger partial charge in [0.25, 0.3) is 0 Å². The highest BCUT2D eigenvalue weighted by Gasteiger charge is 2.35. The molecule has 3 rings (SSSR count). The largest absolute Gasteiger partial charge is 0.378 e. The summed E-state index contributed by atoms with van der Waals surface area (Å²) in [7, 11) is 0. The van der Waals surface area contributed by atoms with Gasteiger partial charge in [-0.25, -0.2) is 0 Å². The van der Waals surface area contributed by atoms with Crippen LogP contribution in [0.15, 0.2) is 42.5 Å². The Balaban J connectivity index is 1.99. The van der Waals surface area contributed by atoms with Crippen LogP contribution in [-0.2, 0) is 6.42 Å². The van der Waals surface area contributed by atoms with Gasteiger partial charge >= 0.3 is 0 Å².